The number of hydrogen-bond acceptors (Lipinski definition) is 2. The van der Waals surface area contributed by atoms with Crippen LogP contribution in [-0.4, -0.2) is 11.2 Å². The number of nitrogens with one attached hydrogen (secondary N) is 1. The topological polar surface area (TPSA) is 47.7 Å². The molecule has 0 radical (unpaired) electrons. The lowest BCUT2D eigenvalue weighted by Gasteiger charge is -2.24. The van der Waals surface area contributed by atoms with Gasteiger partial charge in [0.1, 0.15) is 6.04 Å². The minimum atomic E-state index is -0.583. The van der Waals surface area contributed by atoms with Crippen LogP contribution in [0.4, 0.5) is 0 Å². The second-order valence-corrected chi connectivity index (χ2v) is 4.09. The van der Waals surface area contributed by atoms with Crippen LogP contribution in [-0.2, 0) is 0 Å². The van der Waals surface area contributed by atoms with Crippen LogP contribution in [0.1, 0.15) is 57.8 Å². The molecule has 1 fully saturated rings. The number of hydroxylamine groups is 2. The molecule has 0 aromatic rings. The first-order chi connectivity index (χ1) is 6.30. The van der Waals surface area contributed by atoms with Crippen LogP contribution in [0, 0.1) is 5.21 Å². The Balaban J connectivity index is 2.26. The molecule has 78 valence electrons. The van der Waals surface area contributed by atoms with Gasteiger partial charge in [-0.25, -0.2) is 10.4 Å². The third-order valence-electron chi connectivity index (χ3n) is 2.95. The van der Waals surface area contributed by atoms with Crippen molar-refractivity contribution in [1.82, 2.24) is 0 Å². The van der Waals surface area contributed by atoms with Crippen molar-refractivity contribution < 1.29 is 10.4 Å². The molecular weight excluding hydrogens is 166 g/mol. The average molecular weight is 187 g/mol. The molecule has 0 spiro atoms. The second kappa shape index (κ2) is 6.35. The lowest BCUT2D eigenvalue weighted by Crippen LogP contribution is -3.08. The van der Waals surface area contributed by atoms with Crippen molar-refractivity contribution in [2.45, 2.75) is 63.8 Å². The molecule has 2 N–H and O–H groups in total. The molecule has 3 nitrogen and oxygen atoms in total. The van der Waals surface area contributed by atoms with Crippen LogP contribution in [0.15, 0.2) is 0 Å². The van der Waals surface area contributed by atoms with Crippen molar-refractivity contribution in [1.29, 1.82) is 0 Å². The zero-order valence-corrected chi connectivity index (χ0v) is 8.30. The Hall–Kier alpha value is -0.120. The summed E-state index contributed by atoms with van der Waals surface area (Å²) in [5.41, 5.74) is 0. The molecule has 1 saturated carbocycles. The molecule has 1 aliphatic carbocycles. The van der Waals surface area contributed by atoms with Gasteiger partial charge in [-0.1, -0.05) is 32.1 Å². The van der Waals surface area contributed by atoms with E-state index in [1.54, 1.807) is 0 Å². The predicted molar refractivity (Wildman–Crippen MR) is 51.5 cm³/mol. The van der Waals surface area contributed by atoms with Crippen LogP contribution in [0.2, 0.25) is 0 Å². The fourth-order valence-corrected chi connectivity index (χ4v) is 2.06. The van der Waals surface area contributed by atoms with Crippen LogP contribution in [0.3, 0.4) is 0 Å². The Bertz CT molecular complexity index is 118. The maximum absolute atomic E-state index is 10.8. The molecule has 0 aromatic heterocycles. The van der Waals surface area contributed by atoms with Crippen molar-refractivity contribution in [3.63, 3.8) is 0 Å². The first-order valence-corrected chi connectivity index (χ1v) is 5.53. The van der Waals surface area contributed by atoms with Gasteiger partial charge in [-0.05, 0) is 12.8 Å². The first-order valence-electron chi connectivity index (χ1n) is 5.53. The highest BCUT2D eigenvalue weighted by Crippen LogP contribution is 2.15. The van der Waals surface area contributed by atoms with Crippen LogP contribution < -0.4 is 5.23 Å². The second-order valence-electron chi connectivity index (χ2n) is 4.09. The van der Waals surface area contributed by atoms with Crippen LogP contribution >= 0.6 is 0 Å². The molecule has 0 aliphatic heterocycles. The summed E-state index contributed by atoms with van der Waals surface area (Å²) in [5.74, 6) is 0. The lowest BCUT2D eigenvalue weighted by atomic mass is 9.98. The van der Waals surface area contributed by atoms with Gasteiger partial charge in [0.2, 0.25) is 0 Å². The maximum Gasteiger partial charge on any atom is 0.117 e. The summed E-state index contributed by atoms with van der Waals surface area (Å²) in [6, 6.07) is -0.0573. The Morgan fingerprint density at radius 3 is 1.62 bits per heavy atom. The number of quaternary nitrogens is 1. The summed E-state index contributed by atoms with van der Waals surface area (Å²) in [5, 5.41) is 19.2. The van der Waals surface area contributed by atoms with Crippen molar-refractivity contribution in [3.05, 3.63) is 5.21 Å². The lowest BCUT2D eigenvalue weighted by molar-refractivity contribution is -1.07. The summed E-state index contributed by atoms with van der Waals surface area (Å²) < 4.78 is 0. The highest BCUT2D eigenvalue weighted by molar-refractivity contribution is 4.59. The van der Waals surface area contributed by atoms with Gasteiger partial charge in [0, 0.05) is 12.8 Å². The van der Waals surface area contributed by atoms with Crippen molar-refractivity contribution in [2.75, 3.05) is 0 Å². The molecule has 0 bridgehead atoms. The van der Waals surface area contributed by atoms with E-state index >= 15 is 0 Å². The van der Waals surface area contributed by atoms with Gasteiger partial charge in [-0.2, -0.15) is 0 Å². The van der Waals surface area contributed by atoms with Gasteiger partial charge in [-0.3, -0.25) is 0 Å². The Kier molecular flexibility index (Phi) is 5.35. The highest BCUT2D eigenvalue weighted by atomic mass is 16.8. The normalized spacial score (nSPS) is 25.4. The standard InChI is InChI=1S/C10H21NO2/c12-11(13)10-8-6-4-2-1-3-5-7-9-10/h10-12H,1-9H2. The monoisotopic (exact) mass is 187 g/mol. The largest absolute Gasteiger partial charge is 0.600 e. The van der Waals surface area contributed by atoms with Crippen molar-refractivity contribution in [2.24, 2.45) is 0 Å². The number of rotatable bonds is 1. The maximum atomic E-state index is 10.8. The summed E-state index contributed by atoms with van der Waals surface area (Å²) in [4.78, 5) is 0. The molecule has 1 atom stereocenters. The molecule has 0 saturated heterocycles. The van der Waals surface area contributed by atoms with E-state index < -0.39 is 5.23 Å². The average Bonchev–Trinajstić information content (AvgIpc) is 2.14. The Morgan fingerprint density at radius 2 is 1.23 bits per heavy atom. The van der Waals surface area contributed by atoms with Gasteiger partial charge in [-0.15, -0.1) is 0 Å². The Morgan fingerprint density at radius 1 is 0.846 bits per heavy atom. The van der Waals surface area contributed by atoms with Crippen molar-refractivity contribution >= 4 is 0 Å². The zero-order chi connectivity index (χ0) is 9.52. The predicted octanol–water partition coefficient (Wildman–Crippen LogP) is 1.65. The summed E-state index contributed by atoms with van der Waals surface area (Å²) in [7, 11) is 0. The molecule has 0 amide bonds. The van der Waals surface area contributed by atoms with Gasteiger partial charge < -0.3 is 5.21 Å². The van der Waals surface area contributed by atoms with E-state index in [2.05, 4.69) is 0 Å². The van der Waals surface area contributed by atoms with E-state index in [1.807, 2.05) is 0 Å². The van der Waals surface area contributed by atoms with Crippen LogP contribution in [0.5, 0.6) is 0 Å². The summed E-state index contributed by atoms with van der Waals surface area (Å²) >= 11 is 0. The molecule has 1 rings (SSSR count). The van der Waals surface area contributed by atoms with Gasteiger partial charge in [0.05, 0.1) is 0 Å². The fourth-order valence-electron chi connectivity index (χ4n) is 2.06. The van der Waals surface area contributed by atoms with E-state index in [9.17, 15) is 5.21 Å². The quantitative estimate of drug-likeness (QED) is 0.613. The molecule has 1 aliphatic rings. The number of hydrogen-bond donors (Lipinski definition) is 2. The molecule has 1 unspecified atom stereocenters. The van der Waals surface area contributed by atoms with E-state index in [-0.39, 0.29) is 6.04 Å². The van der Waals surface area contributed by atoms with E-state index in [0.29, 0.717) is 0 Å². The van der Waals surface area contributed by atoms with Gasteiger partial charge in [0.15, 0.2) is 0 Å². The molecule has 0 aromatic carbocycles. The zero-order valence-electron chi connectivity index (χ0n) is 8.30. The molecule has 13 heavy (non-hydrogen) atoms. The third-order valence-corrected chi connectivity index (χ3v) is 2.95. The summed E-state index contributed by atoms with van der Waals surface area (Å²) in [6.45, 7) is 0. The summed E-state index contributed by atoms with van der Waals surface area (Å²) in [6.07, 6.45) is 10.4. The van der Waals surface area contributed by atoms with E-state index in [1.165, 1.54) is 32.1 Å². The molecular formula is C10H21NO2. The minimum absolute atomic E-state index is 0.0573. The third kappa shape index (κ3) is 4.60. The van der Waals surface area contributed by atoms with Crippen LogP contribution in [0.25, 0.3) is 0 Å². The minimum Gasteiger partial charge on any atom is -0.600 e. The smallest absolute Gasteiger partial charge is 0.117 e. The highest BCUT2D eigenvalue weighted by Gasteiger charge is 2.14. The first kappa shape index (κ1) is 11.0. The fraction of sp³-hybridized carbons (Fsp3) is 1.00. The molecule has 0 heterocycles. The van der Waals surface area contributed by atoms with Crippen molar-refractivity contribution in [3.8, 4) is 0 Å². The van der Waals surface area contributed by atoms with Gasteiger partial charge >= 0.3 is 0 Å². The van der Waals surface area contributed by atoms with Gasteiger partial charge in [0.25, 0.3) is 0 Å². The van der Waals surface area contributed by atoms with E-state index in [0.717, 1.165) is 25.7 Å². The SMILES string of the molecule is [O-][NH+](O)C1CCCCCCCCC1. The molecule has 3 heteroatoms. The van der Waals surface area contributed by atoms with E-state index in [4.69, 9.17) is 5.21 Å². The Labute approximate surface area is 80.3 Å².